The third kappa shape index (κ3) is 7.25. The number of guanidine groups is 1. The van der Waals surface area contributed by atoms with E-state index in [9.17, 15) is 4.79 Å². The molecule has 0 aliphatic carbocycles. The molecule has 1 aromatic rings. The molecule has 2 N–H and O–H groups in total. The number of amides is 1. The fourth-order valence-electron chi connectivity index (χ4n) is 2.20. The van der Waals surface area contributed by atoms with E-state index < -0.39 is 0 Å². The van der Waals surface area contributed by atoms with Crippen LogP contribution in [0.3, 0.4) is 0 Å². The molecule has 0 fully saturated rings. The van der Waals surface area contributed by atoms with Crippen LogP contribution in [0.2, 0.25) is 0 Å². The molecular weight excluding hydrogens is 320 g/mol. The van der Waals surface area contributed by atoms with E-state index in [-0.39, 0.29) is 11.9 Å². The molecule has 1 amide bonds. The van der Waals surface area contributed by atoms with E-state index in [0.717, 1.165) is 18.9 Å². The van der Waals surface area contributed by atoms with Gasteiger partial charge in [0.25, 0.3) is 0 Å². The molecule has 24 heavy (non-hydrogen) atoms. The highest BCUT2D eigenvalue weighted by atomic mass is 32.2. The summed E-state index contributed by atoms with van der Waals surface area (Å²) in [4.78, 5) is 19.4. The zero-order valence-electron chi connectivity index (χ0n) is 15.4. The minimum atomic E-state index is 0.0719. The van der Waals surface area contributed by atoms with Gasteiger partial charge >= 0.3 is 0 Å². The summed E-state index contributed by atoms with van der Waals surface area (Å²) in [5.74, 6) is 0.864. The lowest BCUT2D eigenvalue weighted by Gasteiger charge is -2.22. The number of thioether (sulfide) groups is 1. The van der Waals surface area contributed by atoms with Crippen molar-refractivity contribution < 1.29 is 4.79 Å². The zero-order chi connectivity index (χ0) is 17.9. The summed E-state index contributed by atoms with van der Waals surface area (Å²) >= 11 is 1.74. The topological polar surface area (TPSA) is 56.7 Å². The molecule has 0 bridgehead atoms. The van der Waals surface area contributed by atoms with Gasteiger partial charge in [-0.1, -0.05) is 19.1 Å². The lowest BCUT2D eigenvalue weighted by atomic mass is 10.2. The molecule has 1 atom stereocenters. The second kappa shape index (κ2) is 11.0. The minimum Gasteiger partial charge on any atom is -0.356 e. The van der Waals surface area contributed by atoms with Crippen LogP contribution in [0, 0.1) is 0 Å². The van der Waals surface area contributed by atoms with Crippen molar-refractivity contribution in [2.75, 3.05) is 26.9 Å². The van der Waals surface area contributed by atoms with Crippen molar-refractivity contribution in [2.24, 2.45) is 4.99 Å². The van der Waals surface area contributed by atoms with Crippen molar-refractivity contribution in [1.29, 1.82) is 0 Å². The largest absolute Gasteiger partial charge is 0.356 e. The van der Waals surface area contributed by atoms with Gasteiger partial charge in [-0.3, -0.25) is 9.79 Å². The van der Waals surface area contributed by atoms with Crippen molar-refractivity contribution >= 4 is 23.6 Å². The SMILES string of the molecule is CCC(C)NC(=O)CCNC(=NC)N(C)Cc1ccc(SC)cc1. The fourth-order valence-corrected chi connectivity index (χ4v) is 2.61. The maximum Gasteiger partial charge on any atom is 0.221 e. The summed E-state index contributed by atoms with van der Waals surface area (Å²) in [6.07, 6.45) is 3.46. The molecule has 1 unspecified atom stereocenters. The first-order valence-electron chi connectivity index (χ1n) is 8.34. The number of hydrogen-bond donors (Lipinski definition) is 2. The highest BCUT2D eigenvalue weighted by molar-refractivity contribution is 7.98. The Balaban J connectivity index is 2.43. The second-order valence-electron chi connectivity index (χ2n) is 5.80. The third-order valence-electron chi connectivity index (χ3n) is 3.81. The Morgan fingerprint density at radius 1 is 1.33 bits per heavy atom. The van der Waals surface area contributed by atoms with Crippen LogP contribution < -0.4 is 10.6 Å². The average molecular weight is 351 g/mol. The minimum absolute atomic E-state index is 0.0719. The second-order valence-corrected chi connectivity index (χ2v) is 6.68. The molecule has 0 saturated heterocycles. The molecule has 0 aliphatic rings. The molecule has 0 radical (unpaired) electrons. The summed E-state index contributed by atoms with van der Waals surface area (Å²) < 4.78 is 0. The van der Waals surface area contributed by atoms with E-state index in [2.05, 4.69) is 58.0 Å². The van der Waals surface area contributed by atoms with Crippen molar-refractivity contribution in [3.8, 4) is 0 Å². The lowest BCUT2D eigenvalue weighted by molar-refractivity contribution is -0.121. The van der Waals surface area contributed by atoms with Gasteiger partial charge in [-0.05, 0) is 37.3 Å². The highest BCUT2D eigenvalue weighted by Crippen LogP contribution is 2.15. The normalized spacial score (nSPS) is 12.6. The van der Waals surface area contributed by atoms with E-state index in [1.54, 1.807) is 18.8 Å². The molecule has 134 valence electrons. The summed E-state index contributed by atoms with van der Waals surface area (Å²) in [7, 11) is 3.76. The van der Waals surface area contributed by atoms with E-state index >= 15 is 0 Å². The van der Waals surface area contributed by atoms with E-state index in [0.29, 0.717) is 13.0 Å². The number of aliphatic imine (C=N–C) groups is 1. The van der Waals surface area contributed by atoms with Gasteiger partial charge in [0.15, 0.2) is 5.96 Å². The van der Waals surface area contributed by atoms with Crippen LogP contribution in [-0.4, -0.2) is 49.7 Å². The Labute approximate surface area is 150 Å². The van der Waals surface area contributed by atoms with Gasteiger partial charge < -0.3 is 15.5 Å². The zero-order valence-corrected chi connectivity index (χ0v) is 16.2. The lowest BCUT2D eigenvalue weighted by Crippen LogP contribution is -2.41. The summed E-state index contributed by atoms with van der Waals surface area (Å²) in [6, 6.07) is 8.75. The molecule has 0 saturated carbocycles. The first-order chi connectivity index (χ1) is 11.5. The van der Waals surface area contributed by atoms with Gasteiger partial charge in [-0.15, -0.1) is 11.8 Å². The predicted octanol–water partition coefficient (Wildman–Crippen LogP) is 2.72. The van der Waals surface area contributed by atoms with Crippen molar-refractivity contribution in [3.05, 3.63) is 29.8 Å². The Bertz CT molecular complexity index is 530. The molecule has 1 rings (SSSR count). The highest BCUT2D eigenvalue weighted by Gasteiger charge is 2.09. The number of nitrogens with zero attached hydrogens (tertiary/aromatic N) is 2. The molecule has 5 nitrogen and oxygen atoms in total. The molecule has 6 heteroatoms. The average Bonchev–Trinajstić information content (AvgIpc) is 2.59. The summed E-state index contributed by atoms with van der Waals surface area (Å²) in [6.45, 7) is 5.42. The van der Waals surface area contributed by atoms with Crippen LogP contribution in [0.15, 0.2) is 34.2 Å². The van der Waals surface area contributed by atoms with Gasteiger partial charge in [0.2, 0.25) is 5.91 Å². The number of benzene rings is 1. The van der Waals surface area contributed by atoms with Crippen molar-refractivity contribution in [3.63, 3.8) is 0 Å². The molecule has 0 spiro atoms. The number of hydrogen-bond acceptors (Lipinski definition) is 3. The number of rotatable bonds is 8. The van der Waals surface area contributed by atoms with Gasteiger partial charge in [0, 0.05) is 44.5 Å². The Kier molecular flexibility index (Phi) is 9.30. The van der Waals surface area contributed by atoms with Crippen LogP contribution in [-0.2, 0) is 11.3 Å². The van der Waals surface area contributed by atoms with E-state index in [1.807, 2.05) is 14.0 Å². The summed E-state index contributed by atoms with van der Waals surface area (Å²) in [5, 5.41) is 6.21. The standard InChI is InChI=1S/C18H30N4OS/c1-6-14(2)21-17(23)11-12-20-18(19-3)22(4)13-15-7-9-16(24-5)10-8-15/h7-10,14H,6,11-13H2,1-5H3,(H,19,20)(H,21,23). The van der Waals surface area contributed by atoms with Crippen LogP contribution in [0.25, 0.3) is 0 Å². The van der Waals surface area contributed by atoms with E-state index in [4.69, 9.17) is 0 Å². The number of carbonyl (C=O) groups is 1. The maximum absolute atomic E-state index is 11.8. The first-order valence-corrected chi connectivity index (χ1v) is 9.56. The van der Waals surface area contributed by atoms with Crippen LogP contribution in [0.1, 0.15) is 32.3 Å². The molecular formula is C18H30N4OS. The number of nitrogens with one attached hydrogen (secondary N) is 2. The van der Waals surface area contributed by atoms with Gasteiger partial charge in [0.1, 0.15) is 0 Å². The van der Waals surface area contributed by atoms with Crippen LogP contribution >= 0.6 is 11.8 Å². The quantitative estimate of drug-likeness (QED) is 0.430. The van der Waals surface area contributed by atoms with Gasteiger partial charge in [-0.25, -0.2) is 0 Å². The maximum atomic E-state index is 11.8. The van der Waals surface area contributed by atoms with Crippen molar-refractivity contribution in [2.45, 2.75) is 44.2 Å². The van der Waals surface area contributed by atoms with Crippen LogP contribution in [0.4, 0.5) is 0 Å². The first kappa shape index (κ1) is 20.4. The monoisotopic (exact) mass is 350 g/mol. The van der Waals surface area contributed by atoms with Gasteiger partial charge in [-0.2, -0.15) is 0 Å². The summed E-state index contributed by atoms with van der Waals surface area (Å²) in [5.41, 5.74) is 1.23. The molecule has 0 heterocycles. The number of carbonyl (C=O) groups excluding carboxylic acids is 1. The fraction of sp³-hybridized carbons (Fsp3) is 0.556. The predicted molar refractivity (Wildman–Crippen MR) is 104 cm³/mol. The Hall–Kier alpha value is -1.69. The third-order valence-corrected chi connectivity index (χ3v) is 4.55. The smallest absolute Gasteiger partial charge is 0.221 e. The van der Waals surface area contributed by atoms with Crippen molar-refractivity contribution in [1.82, 2.24) is 15.5 Å². The Morgan fingerprint density at radius 3 is 2.54 bits per heavy atom. The van der Waals surface area contributed by atoms with Gasteiger partial charge in [0.05, 0.1) is 0 Å². The van der Waals surface area contributed by atoms with Crippen LogP contribution in [0.5, 0.6) is 0 Å². The van der Waals surface area contributed by atoms with E-state index in [1.165, 1.54) is 10.5 Å². The molecule has 0 aliphatic heterocycles. The molecule has 1 aromatic carbocycles. The Morgan fingerprint density at radius 2 is 2.00 bits per heavy atom. The molecule has 0 aromatic heterocycles.